The lowest BCUT2D eigenvalue weighted by Crippen LogP contribution is -2.48. The Morgan fingerprint density at radius 1 is 1.04 bits per heavy atom. The smallest absolute Gasteiger partial charge is 0.335 e. The van der Waals surface area contributed by atoms with Gasteiger partial charge in [-0.25, -0.2) is 14.5 Å². The average molecular weight is 360 g/mol. The van der Waals surface area contributed by atoms with Gasteiger partial charge in [0.05, 0.1) is 6.54 Å². The Labute approximate surface area is 150 Å². The van der Waals surface area contributed by atoms with E-state index in [-0.39, 0.29) is 12.6 Å². The number of carbonyl (C=O) groups is 5. The molecule has 9 heteroatoms. The normalized spacial score (nSPS) is 15.2. The molecule has 1 aliphatic heterocycles. The maximum Gasteiger partial charge on any atom is 0.335 e. The summed E-state index contributed by atoms with van der Waals surface area (Å²) in [7, 11) is 0. The van der Waals surface area contributed by atoms with E-state index in [9.17, 15) is 24.0 Å². The van der Waals surface area contributed by atoms with Crippen molar-refractivity contribution in [3.8, 4) is 0 Å². The van der Waals surface area contributed by atoms with E-state index >= 15 is 0 Å². The minimum Gasteiger partial charge on any atom is -0.335 e. The van der Waals surface area contributed by atoms with Crippen molar-refractivity contribution in [2.45, 2.75) is 32.9 Å². The van der Waals surface area contributed by atoms with Crippen molar-refractivity contribution in [3.05, 3.63) is 35.9 Å². The molecule has 1 aromatic carbocycles. The molecule has 1 aromatic rings. The van der Waals surface area contributed by atoms with E-state index in [0.29, 0.717) is 16.9 Å². The zero-order valence-corrected chi connectivity index (χ0v) is 14.5. The van der Waals surface area contributed by atoms with Crippen LogP contribution < -0.4 is 10.6 Å². The van der Waals surface area contributed by atoms with Crippen LogP contribution >= 0.6 is 0 Å². The molecule has 2 N–H and O–H groups in total. The molecule has 0 saturated carbocycles. The first-order valence-corrected chi connectivity index (χ1v) is 8.15. The van der Waals surface area contributed by atoms with Crippen LogP contribution in [0.1, 0.15) is 25.8 Å². The van der Waals surface area contributed by atoms with Crippen LogP contribution in [0.25, 0.3) is 0 Å². The number of benzene rings is 1. The first-order chi connectivity index (χ1) is 12.3. The van der Waals surface area contributed by atoms with Gasteiger partial charge >= 0.3 is 23.9 Å². The van der Waals surface area contributed by atoms with Gasteiger partial charge < -0.3 is 5.32 Å². The zero-order valence-electron chi connectivity index (χ0n) is 14.5. The third-order valence-corrected chi connectivity index (χ3v) is 3.86. The molecule has 0 unspecified atom stereocenters. The van der Waals surface area contributed by atoms with Gasteiger partial charge in [0, 0.05) is 6.04 Å². The molecule has 1 fully saturated rings. The first-order valence-electron chi connectivity index (χ1n) is 8.15. The predicted molar refractivity (Wildman–Crippen MR) is 90.5 cm³/mol. The topological polar surface area (TPSA) is 116 Å². The van der Waals surface area contributed by atoms with Crippen LogP contribution in [0.15, 0.2) is 30.3 Å². The number of amides is 7. The minimum absolute atomic E-state index is 0.0726. The van der Waals surface area contributed by atoms with Crippen molar-refractivity contribution in [2.24, 2.45) is 0 Å². The molecule has 26 heavy (non-hydrogen) atoms. The van der Waals surface area contributed by atoms with Gasteiger partial charge in [-0.2, -0.15) is 0 Å². The quantitative estimate of drug-likeness (QED) is 0.569. The highest BCUT2D eigenvalue weighted by atomic mass is 16.2. The summed E-state index contributed by atoms with van der Waals surface area (Å²) in [5.41, 5.74) is 0.668. The van der Waals surface area contributed by atoms with Gasteiger partial charge in [-0.3, -0.25) is 24.6 Å². The fraction of sp³-hybridized carbons (Fsp3) is 0.353. The van der Waals surface area contributed by atoms with Gasteiger partial charge in [0.25, 0.3) is 0 Å². The molecule has 0 aromatic heterocycles. The Kier molecular flexibility index (Phi) is 6.05. The van der Waals surface area contributed by atoms with Crippen molar-refractivity contribution in [1.82, 2.24) is 20.4 Å². The van der Waals surface area contributed by atoms with Crippen LogP contribution in [0.4, 0.5) is 9.59 Å². The van der Waals surface area contributed by atoms with Crippen molar-refractivity contribution in [1.29, 1.82) is 0 Å². The summed E-state index contributed by atoms with van der Waals surface area (Å²) < 4.78 is 0. The minimum atomic E-state index is -1.09. The van der Waals surface area contributed by atoms with E-state index < -0.39 is 36.3 Å². The molecule has 0 aliphatic carbocycles. The number of carbonyl (C=O) groups excluding carboxylic acids is 5. The number of nitrogens with one attached hydrogen (secondary N) is 2. The van der Waals surface area contributed by atoms with Crippen LogP contribution in [0.5, 0.6) is 0 Å². The second-order valence-electron chi connectivity index (χ2n) is 5.88. The van der Waals surface area contributed by atoms with Crippen LogP contribution in [0, 0.1) is 0 Å². The Bertz CT molecular complexity index is 734. The summed E-state index contributed by atoms with van der Waals surface area (Å²) in [6, 6.07) is 6.92. The van der Waals surface area contributed by atoms with Crippen molar-refractivity contribution >= 4 is 29.8 Å². The van der Waals surface area contributed by atoms with Gasteiger partial charge in [0.1, 0.15) is 6.54 Å². The highest BCUT2D eigenvalue weighted by Crippen LogP contribution is 2.15. The summed E-state index contributed by atoms with van der Waals surface area (Å²) in [6.07, 6.45) is 0.674. The Morgan fingerprint density at radius 3 is 2.27 bits per heavy atom. The van der Waals surface area contributed by atoms with Gasteiger partial charge in [-0.1, -0.05) is 37.3 Å². The van der Waals surface area contributed by atoms with Crippen molar-refractivity contribution in [2.75, 3.05) is 6.54 Å². The number of hydrogen-bond donors (Lipinski definition) is 2. The Balaban J connectivity index is 1.98. The molecule has 1 heterocycles. The Morgan fingerprint density at radius 2 is 1.65 bits per heavy atom. The van der Waals surface area contributed by atoms with Crippen molar-refractivity contribution in [3.63, 3.8) is 0 Å². The lowest BCUT2D eigenvalue weighted by atomic mass is 10.2. The number of urea groups is 2. The van der Waals surface area contributed by atoms with Crippen LogP contribution in [-0.4, -0.2) is 52.2 Å². The molecule has 7 amide bonds. The third kappa shape index (κ3) is 4.44. The number of nitrogens with zero attached hydrogens (tertiary/aromatic N) is 2. The second-order valence-corrected chi connectivity index (χ2v) is 5.88. The summed E-state index contributed by atoms with van der Waals surface area (Å²) in [5, 5.41) is 4.55. The molecule has 1 aliphatic rings. The Hall–Kier alpha value is -3.23. The van der Waals surface area contributed by atoms with E-state index in [1.165, 1.54) is 0 Å². The van der Waals surface area contributed by atoms with Gasteiger partial charge in [0.2, 0.25) is 5.91 Å². The fourth-order valence-electron chi connectivity index (χ4n) is 2.27. The van der Waals surface area contributed by atoms with Crippen LogP contribution in [0.3, 0.4) is 0 Å². The average Bonchev–Trinajstić information content (AvgIpc) is 2.80. The molecular formula is C17H20N4O5. The van der Waals surface area contributed by atoms with E-state index in [0.717, 1.165) is 4.90 Å². The maximum absolute atomic E-state index is 12.3. The van der Waals surface area contributed by atoms with Crippen molar-refractivity contribution < 1.29 is 24.0 Å². The van der Waals surface area contributed by atoms with Gasteiger partial charge in [-0.05, 0) is 18.9 Å². The van der Waals surface area contributed by atoms with Gasteiger partial charge in [-0.15, -0.1) is 0 Å². The lowest BCUT2D eigenvalue weighted by molar-refractivity contribution is -0.144. The fourth-order valence-corrected chi connectivity index (χ4v) is 2.27. The largest absolute Gasteiger partial charge is 0.335 e. The molecule has 1 atom stereocenters. The molecule has 138 valence electrons. The van der Waals surface area contributed by atoms with Gasteiger partial charge in [0.15, 0.2) is 0 Å². The summed E-state index contributed by atoms with van der Waals surface area (Å²) in [4.78, 5) is 61.1. The lowest BCUT2D eigenvalue weighted by Gasteiger charge is -2.16. The molecule has 0 radical (unpaired) electrons. The first kappa shape index (κ1) is 19.1. The monoisotopic (exact) mass is 360 g/mol. The molecule has 0 spiro atoms. The number of hydrogen-bond acceptors (Lipinski definition) is 5. The standard InChI is InChI=1S/C17H20N4O5/c1-3-11(2)18-16(25)19-13(22)10-21-15(24)14(23)20(17(21)26)9-12-7-5-4-6-8-12/h4-8,11H,3,9-10H2,1-2H3,(H2,18,19,22,25)/t11-/m1/s1. The van der Waals surface area contributed by atoms with Crippen LogP contribution in [-0.2, 0) is 20.9 Å². The number of imide groups is 3. The molecule has 9 nitrogen and oxygen atoms in total. The third-order valence-electron chi connectivity index (χ3n) is 3.86. The summed E-state index contributed by atoms with van der Waals surface area (Å²) >= 11 is 0. The van der Waals surface area contributed by atoms with E-state index in [2.05, 4.69) is 5.32 Å². The molecule has 0 bridgehead atoms. The van der Waals surface area contributed by atoms with E-state index in [1.54, 1.807) is 37.3 Å². The second kappa shape index (κ2) is 8.24. The summed E-state index contributed by atoms with van der Waals surface area (Å²) in [5.74, 6) is -2.96. The predicted octanol–water partition coefficient (Wildman–Crippen LogP) is 0.602. The highest BCUT2D eigenvalue weighted by Gasteiger charge is 2.45. The number of rotatable bonds is 6. The highest BCUT2D eigenvalue weighted by molar-refractivity contribution is 6.45. The SMILES string of the molecule is CC[C@@H](C)NC(=O)NC(=O)CN1C(=O)C(=O)N(Cc2ccccc2)C1=O. The molecule has 1 saturated heterocycles. The summed E-state index contributed by atoms with van der Waals surface area (Å²) in [6.45, 7) is 2.85. The maximum atomic E-state index is 12.3. The molecule has 2 rings (SSSR count). The van der Waals surface area contributed by atoms with E-state index in [4.69, 9.17) is 0 Å². The molecular weight excluding hydrogens is 340 g/mol. The zero-order chi connectivity index (χ0) is 19.3. The van der Waals surface area contributed by atoms with Crippen LogP contribution in [0.2, 0.25) is 0 Å². The van der Waals surface area contributed by atoms with E-state index in [1.807, 2.05) is 12.2 Å².